The van der Waals surface area contributed by atoms with E-state index in [2.05, 4.69) is 0 Å². The Morgan fingerprint density at radius 2 is 1.68 bits per heavy atom. The third-order valence-corrected chi connectivity index (χ3v) is 5.72. The molecule has 3 aromatic carbocycles. The van der Waals surface area contributed by atoms with Gasteiger partial charge in [0.1, 0.15) is 11.5 Å². The molecule has 1 amide bonds. The fourth-order valence-corrected chi connectivity index (χ4v) is 4.04. The van der Waals surface area contributed by atoms with Gasteiger partial charge in [-0.1, -0.05) is 42.5 Å². The summed E-state index contributed by atoms with van der Waals surface area (Å²) in [6, 6.07) is 16.3. The molecule has 1 unspecified atom stereocenters. The molecule has 0 aromatic heterocycles. The first-order valence-corrected chi connectivity index (χ1v) is 10.3. The zero-order chi connectivity index (χ0) is 24.6. The minimum absolute atomic E-state index is 0.102. The fraction of sp³-hybridized carbons (Fsp3) is 0.154. The number of halogens is 3. The van der Waals surface area contributed by atoms with Crippen LogP contribution in [0.5, 0.6) is 5.75 Å². The molecule has 0 aliphatic carbocycles. The second-order valence-electron chi connectivity index (χ2n) is 7.81. The van der Waals surface area contributed by atoms with Crippen molar-refractivity contribution in [2.75, 3.05) is 12.0 Å². The van der Waals surface area contributed by atoms with Gasteiger partial charge in [-0.2, -0.15) is 13.2 Å². The van der Waals surface area contributed by atoms with Crippen LogP contribution in [0.1, 0.15) is 28.3 Å². The molecule has 4 rings (SSSR count). The smallest absolute Gasteiger partial charge is 0.416 e. The Bertz CT molecular complexity index is 1310. The van der Waals surface area contributed by atoms with Gasteiger partial charge in [-0.3, -0.25) is 14.5 Å². The van der Waals surface area contributed by atoms with Crippen LogP contribution in [-0.4, -0.2) is 23.9 Å². The number of anilines is 1. The van der Waals surface area contributed by atoms with E-state index in [9.17, 15) is 27.9 Å². The van der Waals surface area contributed by atoms with E-state index in [1.807, 2.05) is 0 Å². The number of ketones is 1. The summed E-state index contributed by atoms with van der Waals surface area (Å²) in [6.07, 6.45) is -4.64. The SMILES string of the molecule is COc1cccc(/C(O)=C2\C(=O)C(=O)N(c3cccc(C(F)(F)F)c3)C2c2ccccc2C)c1. The monoisotopic (exact) mass is 467 g/mol. The van der Waals surface area contributed by atoms with E-state index in [0.717, 1.165) is 17.0 Å². The number of hydrogen-bond acceptors (Lipinski definition) is 4. The highest BCUT2D eigenvalue weighted by molar-refractivity contribution is 6.51. The molecule has 1 atom stereocenters. The third-order valence-electron chi connectivity index (χ3n) is 5.72. The minimum Gasteiger partial charge on any atom is -0.507 e. The standard InChI is InChI=1S/C26H20F3NO4/c1-15-7-3-4-12-20(15)22-21(23(31)16-8-5-11-19(13-16)34-2)24(32)25(33)30(22)18-10-6-9-17(14-18)26(27,28)29/h3-14,22,31H,1-2H3/b23-21+. The van der Waals surface area contributed by atoms with E-state index in [-0.39, 0.29) is 16.8 Å². The van der Waals surface area contributed by atoms with Crippen LogP contribution in [0.3, 0.4) is 0 Å². The number of aliphatic hydroxyl groups is 1. The van der Waals surface area contributed by atoms with Gasteiger partial charge in [-0.05, 0) is 48.4 Å². The van der Waals surface area contributed by atoms with E-state index in [1.54, 1.807) is 49.4 Å². The molecule has 0 bridgehead atoms. The third kappa shape index (κ3) is 4.03. The molecule has 1 saturated heterocycles. The second-order valence-corrected chi connectivity index (χ2v) is 7.81. The lowest BCUT2D eigenvalue weighted by Gasteiger charge is -2.27. The van der Waals surface area contributed by atoms with Crippen molar-refractivity contribution in [3.63, 3.8) is 0 Å². The van der Waals surface area contributed by atoms with Crippen LogP contribution in [0.15, 0.2) is 78.4 Å². The number of carbonyl (C=O) groups excluding carboxylic acids is 2. The van der Waals surface area contributed by atoms with Crippen molar-refractivity contribution in [2.45, 2.75) is 19.1 Å². The molecule has 0 spiro atoms. The summed E-state index contributed by atoms with van der Waals surface area (Å²) < 4.78 is 45.3. The number of rotatable bonds is 4. The lowest BCUT2D eigenvalue weighted by molar-refractivity contribution is -0.137. The van der Waals surface area contributed by atoms with Gasteiger partial charge in [0, 0.05) is 11.3 Å². The Morgan fingerprint density at radius 3 is 2.35 bits per heavy atom. The number of amides is 1. The molecule has 174 valence electrons. The average molecular weight is 467 g/mol. The van der Waals surface area contributed by atoms with E-state index in [0.29, 0.717) is 16.9 Å². The molecule has 1 heterocycles. The van der Waals surface area contributed by atoms with Gasteiger partial charge in [0.05, 0.1) is 24.3 Å². The molecule has 1 N–H and O–H groups in total. The number of ether oxygens (including phenoxy) is 1. The van der Waals surface area contributed by atoms with Crippen molar-refractivity contribution < 1.29 is 32.6 Å². The van der Waals surface area contributed by atoms with Crippen molar-refractivity contribution in [1.82, 2.24) is 0 Å². The number of hydrogen-bond donors (Lipinski definition) is 1. The van der Waals surface area contributed by atoms with Crippen LogP contribution in [0.2, 0.25) is 0 Å². The highest BCUT2D eigenvalue weighted by atomic mass is 19.4. The van der Waals surface area contributed by atoms with Crippen LogP contribution in [-0.2, 0) is 15.8 Å². The second kappa shape index (κ2) is 8.70. The van der Waals surface area contributed by atoms with Gasteiger partial charge in [0.25, 0.3) is 11.7 Å². The predicted molar refractivity (Wildman–Crippen MR) is 120 cm³/mol. The van der Waals surface area contributed by atoms with Crippen LogP contribution >= 0.6 is 0 Å². The van der Waals surface area contributed by atoms with Crippen LogP contribution in [0, 0.1) is 6.92 Å². The van der Waals surface area contributed by atoms with E-state index >= 15 is 0 Å². The number of Topliss-reactive ketones (excluding diaryl/α,β-unsaturated/α-hetero) is 1. The molecule has 1 aliphatic rings. The highest BCUT2D eigenvalue weighted by Crippen LogP contribution is 2.44. The zero-order valence-corrected chi connectivity index (χ0v) is 18.3. The zero-order valence-electron chi connectivity index (χ0n) is 18.3. The Balaban J connectivity index is 1.97. The number of aryl methyl sites for hydroxylation is 1. The number of alkyl halides is 3. The van der Waals surface area contributed by atoms with E-state index in [4.69, 9.17) is 4.74 Å². The van der Waals surface area contributed by atoms with Crippen LogP contribution in [0.25, 0.3) is 5.76 Å². The number of benzene rings is 3. The van der Waals surface area contributed by atoms with Gasteiger partial charge in [0.2, 0.25) is 0 Å². The highest BCUT2D eigenvalue weighted by Gasteiger charge is 2.47. The summed E-state index contributed by atoms with van der Waals surface area (Å²) in [6.45, 7) is 1.76. The maximum absolute atomic E-state index is 13.4. The van der Waals surface area contributed by atoms with Gasteiger partial charge in [-0.15, -0.1) is 0 Å². The van der Waals surface area contributed by atoms with E-state index in [1.165, 1.54) is 25.3 Å². The first-order valence-electron chi connectivity index (χ1n) is 10.3. The molecule has 3 aromatic rings. The van der Waals surface area contributed by atoms with Crippen molar-refractivity contribution >= 4 is 23.1 Å². The van der Waals surface area contributed by atoms with Gasteiger partial charge < -0.3 is 9.84 Å². The van der Waals surface area contributed by atoms with Gasteiger partial charge in [-0.25, -0.2) is 0 Å². The summed E-state index contributed by atoms with van der Waals surface area (Å²) in [5.41, 5.74) is 0.162. The topological polar surface area (TPSA) is 66.8 Å². The lowest BCUT2D eigenvalue weighted by atomic mass is 9.92. The van der Waals surface area contributed by atoms with Crippen molar-refractivity contribution in [1.29, 1.82) is 0 Å². The Morgan fingerprint density at radius 1 is 0.971 bits per heavy atom. The first kappa shape index (κ1) is 23.1. The summed E-state index contributed by atoms with van der Waals surface area (Å²) in [5, 5.41) is 11.1. The molecule has 1 aliphatic heterocycles. The molecule has 34 heavy (non-hydrogen) atoms. The van der Waals surface area contributed by atoms with E-state index < -0.39 is 35.2 Å². The average Bonchev–Trinajstić information content (AvgIpc) is 3.08. The predicted octanol–water partition coefficient (Wildman–Crippen LogP) is 5.65. The lowest BCUT2D eigenvalue weighted by Crippen LogP contribution is -2.30. The molecular formula is C26H20F3NO4. The van der Waals surface area contributed by atoms with Crippen LogP contribution < -0.4 is 9.64 Å². The summed E-state index contributed by atoms with van der Waals surface area (Å²) in [5.74, 6) is -2.05. The number of methoxy groups -OCH3 is 1. The molecule has 1 fully saturated rings. The Labute approximate surface area is 193 Å². The van der Waals surface area contributed by atoms with Crippen molar-refractivity contribution in [3.8, 4) is 5.75 Å². The van der Waals surface area contributed by atoms with Crippen LogP contribution in [0.4, 0.5) is 18.9 Å². The van der Waals surface area contributed by atoms with Gasteiger partial charge >= 0.3 is 6.18 Å². The molecule has 0 radical (unpaired) electrons. The molecule has 0 saturated carbocycles. The Kier molecular flexibility index (Phi) is 5.91. The minimum atomic E-state index is -4.64. The number of nitrogens with zero attached hydrogens (tertiary/aromatic N) is 1. The molecule has 5 nitrogen and oxygen atoms in total. The maximum Gasteiger partial charge on any atom is 0.416 e. The molecular weight excluding hydrogens is 447 g/mol. The molecule has 8 heteroatoms. The maximum atomic E-state index is 13.4. The first-order chi connectivity index (χ1) is 16.1. The summed E-state index contributed by atoms with van der Waals surface area (Å²) in [7, 11) is 1.44. The number of aliphatic hydroxyl groups excluding tert-OH is 1. The van der Waals surface area contributed by atoms with Crippen molar-refractivity contribution in [3.05, 3.63) is 101 Å². The summed E-state index contributed by atoms with van der Waals surface area (Å²) >= 11 is 0. The van der Waals surface area contributed by atoms with Gasteiger partial charge in [0.15, 0.2) is 0 Å². The van der Waals surface area contributed by atoms with Crippen molar-refractivity contribution in [2.24, 2.45) is 0 Å². The normalized spacial score (nSPS) is 17.8. The fourth-order valence-electron chi connectivity index (χ4n) is 4.04. The quantitative estimate of drug-likeness (QED) is 0.306. The number of carbonyl (C=O) groups is 2. The largest absolute Gasteiger partial charge is 0.507 e. The Hall–Kier alpha value is -4.07. The summed E-state index contributed by atoms with van der Waals surface area (Å²) in [4.78, 5) is 27.3.